The first-order chi connectivity index (χ1) is 15.6. The molecule has 4 rings (SSSR count). The first-order valence-electron chi connectivity index (χ1n) is 11.1. The van der Waals surface area contributed by atoms with Gasteiger partial charge in [0.25, 0.3) is 0 Å². The van der Waals surface area contributed by atoms with Gasteiger partial charge in [-0.3, -0.25) is 14.5 Å². The summed E-state index contributed by atoms with van der Waals surface area (Å²) in [4.78, 5) is 32.6. The first-order valence-corrected chi connectivity index (χ1v) is 11.1. The summed E-state index contributed by atoms with van der Waals surface area (Å²) in [6, 6.07) is 17.7. The van der Waals surface area contributed by atoms with Crippen LogP contribution in [0.3, 0.4) is 0 Å². The standard InChI is InChI=1S/C26H30N4O2/c1-20(31)28-25(18-22-19-27-24-12-6-5-11-23(22)24)26(32)30-16-14-29(15-17-30)13-7-10-21-8-3-2-4-9-21/h2-12,19,25,27H,13-18H2,1H3,(H,28,31)/b10-7+. The van der Waals surface area contributed by atoms with Gasteiger partial charge < -0.3 is 15.2 Å². The number of nitrogens with one attached hydrogen (secondary N) is 2. The highest BCUT2D eigenvalue weighted by Gasteiger charge is 2.28. The third-order valence-corrected chi connectivity index (χ3v) is 5.93. The van der Waals surface area contributed by atoms with Crippen molar-refractivity contribution in [3.63, 3.8) is 0 Å². The van der Waals surface area contributed by atoms with Crippen LogP contribution in [0.1, 0.15) is 18.1 Å². The maximum Gasteiger partial charge on any atom is 0.245 e. The van der Waals surface area contributed by atoms with Crippen LogP contribution >= 0.6 is 0 Å². The third kappa shape index (κ3) is 5.45. The largest absolute Gasteiger partial charge is 0.361 e. The van der Waals surface area contributed by atoms with Crippen molar-refractivity contribution in [1.82, 2.24) is 20.1 Å². The van der Waals surface area contributed by atoms with Crippen molar-refractivity contribution in [3.8, 4) is 0 Å². The van der Waals surface area contributed by atoms with Crippen LogP contribution in [0.5, 0.6) is 0 Å². The van der Waals surface area contributed by atoms with Gasteiger partial charge in [-0.1, -0.05) is 60.7 Å². The van der Waals surface area contributed by atoms with E-state index < -0.39 is 6.04 Å². The van der Waals surface area contributed by atoms with Gasteiger partial charge in [0.1, 0.15) is 6.04 Å². The number of benzene rings is 2. The monoisotopic (exact) mass is 430 g/mol. The molecule has 2 N–H and O–H groups in total. The molecule has 0 saturated carbocycles. The fourth-order valence-corrected chi connectivity index (χ4v) is 4.24. The second-order valence-electron chi connectivity index (χ2n) is 8.26. The lowest BCUT2D eigenvalue weighted by Crippen LogP contribution is -2.55. The summed E-state index contributed by atoms with van der Waals surface area (Å²) in [6.07, 6.45) is 6.71. The number of para-hydroxylation sites is 1. The molecular weight excluding hydrogens is 400 g/mol. The molecule has 3 aromatic rings. The van der Waals surface area contributed by atoms with Crippen LogP contribution in [-0.2, 0) is 16.0 Å². The van der Waals surface area contributed by atoms with Gasteiger partial charge >= 0.3 is 0 Å². The van der Waals surface area contributed by atoms with E-state index in [0.29, 0.717) is 19.5 Å². The van der Waals surface area contributed by atoms with E-state index in [1.165, 1.54) is 12.5 Å². The Hall–Kier alpha value is -3.38. The Balaban J connectivity index is 1.35. The lowest BCUT2D eigenvalue weighted by molar-refractivity contribution is -0.137. The van der Waals surface area contributed by atoms with Crippen LogP contribution in [0.4, 0.5) is 0 Å². The predicted octanol–water partition coefficient (Wildman–Crippen LogP) is 3.07. The van der Waals surface area contributed by atoms with E-state index in [1.54, 1.807) is 0 Å². The number of hydrogen-bond acceptors (Lipinski definition) is 3. The van der Waals surface area contributed by atoms with Crippen LogP contribution in [0.25, 0.3) is 17.0 Å². The molecule has 6 heteroatoms. The third-order valence-electron chi connectivity index (χ3n) is 5.93. The Labute approximate surface area is 188 Å². The van der Waals surface area contributed by atoms with Gasteiger partial charge in [-0.15, -0.1) is 0 Å². The van der Waals surface area contributed by atoms with Crippen molar-refractivity contribution < 1.29 is 9.59 Å². The summed E-state index contributed by atoms with van der Waals surface area (Å²) in [6.45, 7) is 5.31. The molecule has 1 aliphatic heterocycles. The molecule has 0 aliphatic carbocycles. The van der Waals surface area contributed by atoms with Crippen LogP contribution in [0, 0.1) is 0 Å². The van der Waals surface area contributed by atoms with E-state index in [2.05, 4.69) is 39.5 Å². The molecule has 1 saturated heterocycles. The molecule has 1 unspecified atom stereocenters. The van der Waals surface area contributed by atoms with Crippen molar-refractivity contribution in [1.29, 1.82) is 0 Å². The molecule has 166 valence electrons. The van der Waals surface area contributed by atoms with Gasteiger partial charge in [0, 0.05) is 63.2 Å². The highest BCUT2D eigenvalue weighted by Crippen LogP contribution is 2.20. The van der Waals surface area contributed by atoms with Crippen LogP contribution < -0.4 is 5.32 Å². The van der Waals surface area contributed by atoms with Gasteiger partial charge in [-0.2, -0.15) is 0 Å². The number of carbonyl (C=O) groups excluding carboxylic acids is 2. The Morgan fingerprint density at radius 1 is 1.03 bits per heavy atom. The number of piperazine rings is 1. The second kappa shape index (κ2) is 10.3. The van der Waals surface area contributed by atoms with E-state index in [-0.39, 0.29) is 11.8 Å². The van der Waals surface area contributed by atoms with Crippen LogP contribution in [0.15, 0.2) is 66.9 Å². The smallest absolute Gasteiger partial charge is 0.245 e. The van der Waals surface area contributed by atoms with Gasteiger partial charge in [0.05, 0.1) is 0 Å². The van der Waals surface area contributed by atoms with Crippen molar-refractivity contribution in [2.24, 2.45) is 0 Å². The lowest BCUT2D eigenvalue weighted by Gasteiger charge is -2.36. The molecule has 0 spiro atoms. The summed E-state index contributed by atoms with van der Waals surface area (Å²) >= 11 is 0. The van der Waals surface area contributed by atoms with E-state index >= 15 is 0 Å². The molecular formula is C26H30N4O2. The Morgan fingerprint density at radius 2 is 1.75 bits per heavy atom. The fraction of sp³-hybridized carbons (Fsp3) is 0.308. The zero-order valence-corrected chi connectivity index (χ0v) is 18.5. The number of rotatable bonds is 7. The summed E-state index contributed by atoms with van der Waals surface area (Å²) in [5.74, 6) is -0.196. The van der Waals surface area contributed by atoms with Gasteiger partial charge in [0.2, 0.25) is 11.8 Å². The molecule has 0 radical (unpaired) electrons. The number of fused-ring (bicyclic) bond motifs is 1. The minimum atomic E-state index is -0.559. The van der Waals surface area contributed by atoms with Crippen LogP contribution in [-0.4, -0.2) is 65.4 Å². The number of amides is 2. The number of hydrogen-bond donors (Lipinski definition) is 2. The van der Waals surface area contributed by atoms with Crippen LogP contribution in [0.2, 0.25) is 0 Å². The zero-order chi connectivity index (χ0) is 22.3. The Bertz CT molecular complexity index is 1080. The molecule has 6 nitrogen and oxygen atoms in total. The first kappa shape index (κ1) is 21.8. The normalized spacial score (nSPS) is 15.8. The quantitative estimate of drug-likeness (QED) is 0.605. The molecule has 1 fully saturated rings. The molecule has 1 aliphatic rings. The summed E-state index contributed by atoms with van der Waals surface area (Å²) in [5.41, 5.74) is 3.27. The number of carbonyl (C=O) groups is 2. The minimum absolute atomic E-state index is 0.00930. The van der Waals surface area contributed by atoms with Crippen molar-refractivity contribution in [3.05, 3.63) is 78.0 Å². The average molecular weight is 431 g/mol. The predicted molar refractivity (Wildman–Crippen MR) is 128 cm³/mol. The van der Waals surface area contributed by atoms with Crippen molar-refractivity contribution in [2.45, 2.75) is 19.4 Å². The molecule has 2 heterocycles. The van der Waals surface area contributed by atoms with Gasteiger partial charge in [-0.25, -0.2) is 0 Å². The maximum absolute atomic E-state index is 13.3. The Kier molecular flexibility index (Phi) is 7.02. The minimum Gasteiger partial charge on any atom is -0.361 e. The van der Waals surface area contributed by atoms with E-state index in [9.17, 15) is 9.59 Å². The number of aromatic nitrogens is 1. The van der Waals surface area contributed by atoms with Crippen molar-refractivity contribution >= 4 is 28.8 Å². The highest BCUT2D eigenvalue weighted by atomic mass is 16.2. The molecule has 0 bridgehead atoms. The number of H-pyrrole nitrogens is 1. The lowest BCUT2D eigenvalue weighted by atomic mass is 10.0. The van der Waals surface area contributed by atoms with Gasteiger partial charge in [0.15, 0.2) is 0 Å². The van der Waals surface area contributed by atoms with E-state index in [4.69, 9.17) is 0 Å². The fourth-order valence-electron chi connectivity index (χ4n) is 4.24. The van der Waals surface area contributed by atoms with E-state index in [1.807, 2.05) is 53.6 Å². The number of nitrogens with zero attached hydrogens (tertiary/aromatic N) is 2. The van der Waals surface area contributed by atoms with Gasteiger partial charge in [-0.05, 0) is 17.2 Å². The molecule has 1 atom stereocenters. The molecule has 2 aromatic carbocycles. The SMILES string of the molecule is CC(=O)NC(Cc1c[nH]c2ccccc12)C(=O)N1CCN(C/C=C/c2ccccc2)CC1. The zero-order valence-electron chi connectivity index (χ0n) is 18.5. The highest BCUT2D eigenvalue weighted by molar-refractivity contribution is 5.89. The summed E-state index contributed by atoms with van der Waals surface area (Å²) < 4.78 is 0. The Morgan fingerprint density at radius 3 is 2.50 bits per heavy atom. The topological polar surface area (TPSA) is 68.4 Å². The molecule has 2 amide bonds. The van der Waals surface area contributed by atoms with Crippen molar-refractivity contribution in [2.75, 3.05) is 32.7 Å². The summed E-state index contributed by atoms with van der Waals surface area (Å²) in [5, 5.41) is 3.96. The van der Waals surface area contributed by atoms with E-state index in [0.717, 1.165) is 36.1 Å². The second-order valence-corrected chi connectivity index (χ2v) is 8.26. The maximum atomic E-state index is 13.3. The number of aromatic amines is 1. The molecule has 1 aromatic heterocycles. The summed E-state index contributed by atoms with van der Waals surface area (Å²) in [7, 11) is 0. The molecule has 32 heavy (non-hydrogen) atoms. The average Bonchev–Trinajstić information content (AvgIpc) is 3.22.